The van der Waals surface area contributed by atoms with E-state index in [4.69, 9.17) is 0 Å². The number of amides is 5. The highest BCUT2D eigenvalue weighted by atomic mass is 19.1. The van der Waals surface area contributed by atoms with Crippen molar-refractivity contribution in [3.05, 3.63) is 59.4 Å². The number of hydrogen-bond donors (Lipinski definition) is 1. The van der Waals surface area contributed by atoms with Gasteiger partial charge in [0.25, 0.3) is 5.91 Å². The van der Waals surface area contributed by atoms with Crippen LogP contribution < -0.4 is 10.2 Å². The van der Waals surface area contributed by atoms with E-state index in [9.17, 15) is 23.6 Å². The minimum Gasteiger partial charge on any atom is -0.367 e. The highest BCUT2D eigenvalue weighted by Crippen LogP contribution is 2.49. The summed E-state index contributed by atoms with van der Waals surface area (Å²) in [7, 11) is 2.81. The van der Waals surface area contributed by atoms with Gasteiger partial charge in [-0.15, -0.1) is 0 Å². The molecule has 1 N–H and O–H groups in total. The first-order valence-electron chi connectivity index (χ1n) is 10.8. The highest BCUT2D eigenvalue weighted by Gasteiger charge is 2.63. The van der Waals surface area contributed by atoms with E-state index in [1.807, 2.05) is 6.07 Å². The van der Waals surface area contributed by atoms with Crippen molar-refractivity contribution in [3.63, 3.8) is 0 Å². The highest BCUT2D eigenvalue weighted by molar-refractivity contribution is 6.20. The SMILES string of the molecule is CN1C(=O)N(C)C(=O)C2(Cc3cc(NC(=O)c4ccc(F)cc4)ccc3N3CCC[C@H]32)C1=O. The second-order valence-electron chi connectivity index (χ2n) is 8.81. The summed E-state index contributed by atoms with van der Waals surface area (Å²) in [6.45, 7) is 0.697. The van der Waals surface area contributed by atoms with Crippen LogP contribution in [0.1, 0.15) is 28.8 Å². The zero-order chi connectivity index (χ0) is 23.5. The van der Waals surface area contributed by atoms with Crippen LogP contribution in [0.15, 0.2) is 42.5 Å². The van der Waals surface area contributed by atoms with Gasteiger partial charge < -0.3 is 10.2 Å². The van der Waals surface area contributed by atoms with E-state index in [0.717, 1.165) is 27.5 Å². The molecule has 9 heteroatoms. The van der Waals surface area contributed by atoms with E-state index in [0.29, 0.717) is 24.2 Å². The number of carbonyl (C=O) groups excluding carboxylic acids is 4. The summed E-state index contributed by atoms with van der Waals surface area (Å²) in [5.74, 6) is -1.80. The van der Waals surface area contributed by atoms with Gasteiger partial charge in [0.1, 0.15) is 5.82 Å². The molecule has 5 amide bonds. The lowest BCUT2D eigenvalue weighted by Gasteiger charge is -2.50. The van der Waals surface area contributed by atoms with E-state index in [2.05, 4.69) is 10.2 Å². The van der Waals surface area contributed by atoms with Crippen molar-refractivity contribution in [2.45, 2.75) is 25.3 Å². The number of benzene rings is 2. The number of barbiturate groups is 1. The molecular formula is C24H23FN4O4. The lowest BCUT2D eigenvalue weighted by atomic mass is 9.68. The lowest BCUT2D eigenvalue weighted by molar-refractivity contribution is -0.159. The molecule has 0 unspecified atom stereocenters. The first-order valence-corrected chi connectivity index (χ1v) is 10.8. The molecule has 170 valence electrons. The van der Waals surface area contributed by atoms with E-state index >= 15 is 0 Å². The third-order valence-electron chi connectivity index (χ3n) is 6.99. The molecule has 0 aromatic heterocycles. The first-order chi connectivity index (χ1) is 15.7. The zero-order valence-corrected chi connectivity index (χ0v) is 18.3. The predicted molar refractivity (Wildman–Crippen MR) is 118 cm³/mol. The summed E-state index contributed by atoms with van der Waals surface area (Å²) < 4.78 is 13.2. The minimum atomic E-state index is -1.39. The summed E-state index contributed by atoms with van der Waals surface area (Å²) in [5.41, 5.74) is 1.10. The number of fused-ring (bicyclic) bond motifs is 4. The Morgan fingerprint density at radius 1 is 1.03 bits per heavy atom. The van der Waals surface area contributed by atoms with Crippen LogP contribution in [0.4, 0.5) is 20.6 Å². The molecule has 1 spiro atoms. The summed E-state index contributed by atoms with van der Waals surface area (Å²) in [4.78, 5) is 56.0. The normalized spacial score (nSPS) is 21.4. The smallest absolute Gasteiger partial charge is 0.332 e. The molecule has 2 saturated heterocycles. The number of imide groups is 2. The lowest BCUT2D eigenvalue weighted by Crippen LogP contribution is -2.70. The van der Waals surface area contributed by atoms with Crippen molar-refractivity contribution >= 4 is 35.1 Å². The van der Waals surface area contributed by atoms with Crippen molar-refractivity contribution in [2.75, 3.05) is 30.9 Å². The Labute approximate surface area is 189 Å². The number of halogens is 1. The Hall–Kier alpha value is -3.75. The summed E-state index contributed by atoms with van der Waals surface area (Å²) in [6.07, 6.45) is 1.65. The number of rotatable bonds is 2. The van der Waals surface area contributed by atoms with Gasteiger partial charge >= 0.3 is 6.03 Å². The van der Waals surface area contributed by atoms with Crippen molar-refractivity contribution in [1.82, 2.24) is 9.80 Å². The number of nitrogens with one attached hydrogen (secondary N) is 1. The van der Waals surface area contributed by atoms with Crippen LogP contribution in [-0.2, 0) is 16.0 Å². The molecule has 0 aliphatic carbocycles. The van der Waals surface area contributed by atoms with E-state index in [1.54, 1.807) is 12.1 Å². The van der Waals surface area contributed by atoms with Gasteiger partial charge in [-0.05, 0) is 67.3 Å². The molecule has 33 heavy (non-hydrogen) atoms. The second kappa shape index (κ2) is 7.40. The van der Waals surface area contributed by atoms with Crippen LogP contribution in [0.2, 0.25) is 0 Å². The van der Waals surface area contributed by atoms with Gasteiger partial charge in [-0.1, -0.05) is 0 Å². The van der Waals surface area contributed by atoms with Crippen LogP contribution >= 0.6 is 0 Å². The number of anilines is 2. The molecule has 3 aliphatic heterocycles. The monoisotopic (exact) mass is 450 g/mol. The topological polar surface area (TPSA) is 90.0 Å². The van der Waals surface area contributed by atoms with E-state index < -0.39 is 35.0 Å². The first kappa shape index (κ1) is 21.1. The maximum Gasteiger partial charge on any atom is 0.332 e. The largest absolute Gasteiger partial charge is 0.367 e. The summed E-state index contributed by atoms with van der Waals surface area (Å²) in [6, 6.07) is 9.70. The van der Waals surface area contributed by atoms with Crippen LogP contribution in [-0.4, -0.2) is 60.2 Å². The fourth-order valence-corrected chi connectivity index (χ4v) is 5.40. The molecule has 0 radical (unpaired) electrons. The third-order valence-corrected chi connectivity index (χ3v) is 6.99. The predicted octanol–water partition coefficient (Wildman–Crippen LogP) is 2.64. The van der Waals surface area contributed by atoms with Gasteiger partial charge in [0.15, 0.2) is 5.41 Å². The van der Waals surface area contributed by atoms with Crippen molar-refractivity contribution in [1.29, 1.82) is 0 Å². The summed E-state index contributed by atoms with van der Waals surface area (Å²) >= 11 is 0. The molecule has 3 heterocycles. The molecule has 8 nitrogen and oxygen atoms in total. The Kier molecular flexibility index (Phi) is 4.73. The van der Waals surface area contributed by atoms with Gasteiger partial charge in [-0.2, -0.15) is 0 Å². The number of hydrogen-bond acceptors (Lipinski definition) is 5. The van der Waals surface area contributed by atoms with Gasteiger partial charge in [-0.3, -0.25) is 24.2 Å². The maximum absolute atomic E-state index is 13.4. The molecule has 2 fully saturated rings. The Bertz CT molecular complexity index is 1170. The van der Waals surface area contributed by atoms with E-state index in [1.165, 1.54) is 38.4 Å². The van der Waals surface area contributed by atoms with Gasteiger partial charge in [0.2, 0.25) is 11.8 Å². The average molecular weight is 450 g/mol. The Morgan fingerprint density at radius 2 is 1.70 bits per heavy atom. The molecule has 0 saturated carbocycles. The molecule has 3 aliphatic rings. The number of nitrogens with zero attached hydrogens (tertiary/aromatic N) is 3. The van der Waals surface area contributed by atoms with Gasteiger partial charge in [-0.25, -0.2) is 9.18 Å². The van der Waals surface area contributed by atoms with Crippen LogP contribution in [0.5, 0.6) is 0 Å². The van der Waals surface area contributed by atoms with Crippen molar-refractivity contribution in [3.8, 4) is 0 Å². The zero-order valence-electron chi connectivity index (χ0n) is 18.3. The van der Waals surface area contributed by atoms with E-state index in [-0.39, 0.29) is 12.5 Å². The molecule has 0 bridgehead atoms. The van der Waals surface area contributed by atoms with Crippen molar-refractivity contribution < 1.29 is 23.6 Å². The molecule has 2 aromatic rings. The standard InChI is InChI=1S/C24H23FN4O4/c1-27-21(31)24(22(32)28(2)23(27)33)13-15-12-17(9-10-18(15)29-11-3-4-19(24)29)26-20(30)14-5-7-16(25)8-6-14/h5-10,12,19H,3-4,11,13H2,1-2H3,(H,26,30)/t19-/m0/s1. The quantitative estimate of drug-likeness (QED) is 0.711. The maximum atomic E-state index is 13.4. The van der Waals surface area contributed by atoms with Crippen molar-refractivity contribution in [2.24, 2.45) is 5.41 Å². The molecular weight excluding hydrogens is 427 g/mol. The Balaban J connectivity index is 1.52. The van der Waals surface area contributed by atoms with Crippen LogP contribution in [0.25, 0.3) is 0 Å². The van der Waals surface area contributed by atoms with Gasteiger partial charge in [0, 0.05) is 37.6 Å². The molecule has 2 aromatic carbocycles. The molecule has 5 rings (SSSR count). The van der Waals surface area contributed by atoms with Gasteiger partial charge in [0.05, 0.1) is 6.04 Å². The fraction of sp³-hybridized carbons (Fsp3) is 0.333. The fourth-order valence-electron chi connectivity index (χ4n) is 5.40. The number of carbonyl (C=O) groups is 4. The summed E-state index contributed by atoms with van der Waals surface area (Å²) in [5, 5.41) is 2.80. The number of urea groups is 1. The minimum absolute atomic E-state index is 0.142. The van der Waals surface area contributed by atoms with Crippen LogP contribution in [0, 0.1) is 11.2 Å². The average Bonchev–Trinajstić information content (AvgIpc) is 3.31. The second-order valence-corrected chi connectivity index (χ2v) is 8.81. The molecule has 1 atom stereocenters. The third kappa shape index (κ3) is 3.02. The van der Waals surface area contributed by atoms with Crippen LogP contribution in [0.3, 0.4) is 0 Å². The Morgan fingerprint density at radius 3 is 2.36 bits per heavy atom.